The highest BCUT2D eigenvalue weighted by molar-refractivity contribution is 7.90. The Morgan fingerprint density at radius 1 is 1.11 bits per heavy atom. The summed E-state index contributed by atoms with van der Waals surface area (Å²) in [5.41, 5.74) is 1.69. The van der Waals surface area contributed by atoms with Crippen molar-refractivity contribution < 1.29 is 12.8 Å². The topological polar surface area (TPSA) is 70.6 Å². The normalized spacial score (nSPS) is 12.7. The van der Waals surface area contributed by atoms with Gasteiger partial charge in [0.05, 0.1) is 4.90 Å². The van der Waals surface area contributed by atoms with Crippen molar-refractivity contribution in [2.45, 2.75) is 30.6 Å². The molecule has 7 heteroatoms. The number of benzene rings is 2. The minimum Gasteiger partial charge on any atom is -0.356 e. The van der Waals surface area contributed by atoms with Crippen LogP contribution in [0, 0.1) is 5.82 Å². The summed E-state index contributed by atoms with van der Waals surface area (Å²) in [5.74, 6) is 0.423. The Morgan fingerprint density at radius 3 is 2.36 bits per heavy atom. The SMILES string of the molecule is CN=C(NCCc1ccc(S(C)(=O)=O)cc1)NCC(C)(C)c1cccc(F)c1. The molecule has 0 heterocycles. The zero-order valence-electron chi connectivity index (χ0n) is 16.8. The van der Waals surface area contributed by atoms with Gasteiger partial charge in [-0.25, -0.2) is 12.8 Å². The van der Waals surface area contributed by atoms with Crippen molar-refractivity contribution in [1.29, 1.82) is 0 Å². The fourth-order valence-corrected chi connectivity index (χ4v) is 3.40. The van der Waals surface area contributed by atoms with Crippen molar-refractivity contribution in [2.75, 3.05) is 26.4 Å². The summed E-state index contributed by atoms with van der Waals surface area (Å²) >= 11 is 0. The standard InChI is InChI=1S/C21H28FN3O2S/c1-21(2,17-6-5-7-18(22)14-17)15-25-20(23-3)24-13-12-16-8-10-19(11-9-16)28(4,26)27/h5-11,14H,12-13,15H2,1-4H3,(H2,23,24,25). The van der Waals surface area contributed by atoms with E-state index < -0.39 is 9.84 Å². The van der Waals surface area contributed by atoms with E-state index in [1.807, 2.05) is 32.0 Å². The Kier molecular flexibility index (Phi) is 7.18. The second kappa shape index (κ2) is 9.19. The maximum absolute atomic E-state index is 13.5. The molecule has 0 unspecified atom stereocenters. The van der Waals surface area contributed by atoms with Gasteiger partial charge >= 0.3 is 0 Å². The van der Waals surface area contributed by atoms with Crippen LogP contribution in [0.15, 0.2) is 58.4 Å². The van der Waals surface area contributed by atoms with Gasteiger partial charge in [0.15, 0.2) is 15.8 Å². The van der Waals surface area contributed by atoms with E-state index in [1.54, 1.807) is 31.3 Å². The predicted octanol–water partition coefficient (Wildman–Crippen LogP) is 2.91. The minimum atomic E-state index is -3.17. The monoisotopic (exact) mass is 405 g/mol. The van der Waals surface area contributed by atoms with E-state index in [0.29, 0.717) is 23.9 Å². The first-order chi connectivity index (χ1) is 13.1. The summed E-state index contributed by atoms with van der Waals surface area (Å²) in [4.78, 5) is 4.54. The molecular weight excluding hydrogens is 377 g/mol. The molecule has 0 aliphatic carbocycles. The maximum Gasteiger partial charge on any atom is 0.191 e. The molecule has 0 bridgehead atoms. The van der Waals surface area contributed by atoms with Crippen molar-refractivity contribution in [3.05, 3.63) is 65.5 Å². The average Bonchev–Trinajstić information content (AvgIpc) is 2.64. The molecule has 0 amide bonds. The Labute approximate surface area is 167 Å². The lowest BCUT2D eigenvalue weighted by atomic mass is 9.84. The van der Waals surface area contributed by atoms with Gasteiger partial charge in [0, 0.05) is 31.8 Å². The number of nitrogens with zero attached hydrogens (tertiary/aromatic N) is 1. The van der Waals surface area contributed by atoms with Gasteiger partial charge in [-0.3, -0.25) is 4.99 Å². The highest BCUT2D eigenvalue weighted by Crippen LogP contribution is 2.22. The van der Waals surface area contributed by atoms with Crippen LogP contribution in [0.4, 0.5) is 4.39 Å². The summed E-state index contributed by atoms with van der Waals surface area (Å²) < 4.78 is 36.5. The molecule has 2 aromatic rings. The third-order valence-corrected chi connectivity index (χ3v) is 5.71. The Balaban J connectivity index is 1.86. The summed E-state index contributed by atoms with van der Waals surface area (Å²) in [6.45, 7) is 5.34. The fraction of sp³-hybridized carbons (Fsp3) is 0.381. The summed E-state index contributed by atoms with van der Waals surface area (Å²) in [5, 5.41) is 6.52. The molecule has 0 atom stereocenters. The van der Waals surface area contributed by atoms with E-state index in [-0.39, 0.29) is 11.2 Å². The lowest BCUT2D eigenvalue weighted by molar-refractivity contribution is 0.503. The lowest BCUT2D eigenvalue weighted by Crippen LogP contribution is -2.44. The summed E-state index contributed by atoms with van der Waals surface area (Å²) in [6, 6.07) is 13.5. The van der Waals surface area contributed by atoms with E-state index in [1.165, 1.54) is 12.3 Å². The first-order valence-corrected chi connectivity index (χ1v) is 11.0. The summed E-state index contributed by atoms with van der Waals surface area (Å²) in [6.07, 6.45) is 1.93. The van der Waals surface area contributed by atoms with Gasteiger partial charge in [-0.05, 0) is 41.8 Å². The van der Waals surface area contributed by atoms with E-state index >= 15 is 0 Å². The molecule has 2 aromatic carbocycles. The van der Waals surface area contributed by atoms with Gasteiger partial charge in [-0.2, -0.15) is 0 Å². The molecule has 0 radical (unpaired) electrons. The molecule has 2 rings (SSSR count). The van der Waals surface area contributed by atoms with Crippen molar-refractivity contribution in [2.24, 2.45) is 4.99 Å². The average molecular weight is 406 g/mol. The third kappa shape index (κ3) is 6.34. The predicted molar refractivity (Wildman–Crippen MR) is 112 cm³/mol. The number of halogens is 1. The number of hydrogen-bond donors (Lipinski definition) is 2. The Hall–Kier alpha value is -2.41. The first kappa shape index (κ1) is 21.9. The number of sulfone groups is 1. The van der Waals surface area contributed by atoms with Gasteiger partial charge in [0.25, 0.3) is 0 Å². The van der Waals surface area contributed by atoms with Crippen LogP contribution in [0.1, 0.15) is 25.0 Å². The van der Waals surface area contributed by atoms with Crippen LogP contribution in [0.3, 0.4) is 0 Å². The van der Waals surface area contributed by atoms with E-state index in [2.05, 4.69) is 15.6 Å². The molecule has 2 N–H and O–H groups in total. The van der Waals surface area contributed by atoms with Crippen molar-refractivity contribution in [3.63, 3.8) is 0 Å². The molecule has 152 valence electrons. The molecule has 0 aliphatic heterocycles. The van der Waals surface area contributed by atoms with Crippen molar-refractivity contribution >= 4 is 15.8 Å². The van der Waals surface area contributed by atoms with E-state index in [4.69, 9.17) is 0 Å². The number of nitrogens with one attached hydrogen (secondary N) is 2. The van der Waals surface area contributed by atoms with Crippen molar-refractivity contribution in [1.82, 2.24) is 10.6 Å². The molecule has 0 fully saturated rings. The maximum atomic E-state index is 13.5. The smallest absolute Gasteiger partial charge is 0.191 e. The molecule has 0 aromatic heterocycles. The highest BCUT2D eigenvalue weighted by atomic mass is 32.2. The second-order valence-corrected chi connectivity index (χ2v) is 9.43. The summed E-state index contributed by atoms with van der Waals surface area (Å²) in [7, 11) is -1.47. The molecule has 5 nitrogen and oxygen atoms in total. The highest BCUT2D eigenvalue weighted by Gasteiger charge is 2.21. The van der Waals surface area contributed by atoms with Gasteiger partial charge in [-0.1, -0.05) is 38.1 Å². The van der Waals surface area contributed by atoms with Crippen LogP contribution in [-0.4, -0.2) is 40.8 Å². The van der Waals surface area contributed by atoms with Crippen LogP contribution in [-0.2, 0) is 21.7 Å². The Morgan fingerprint density at radius 2 is 1.79 bits per heavy atom. The van der Waals surface area contributed by atoms with Crippen LogP contribution in [0.25, 0.3) is 0 Å². The number of guanidine groups is 1. The van der Waals surface area contributed by atoms with Crippen LogP contribution >= 0.6 is 0 Å². The fourth-order valence-electron chi connectivity index (χ4n) is 2.77. The van der Waals surface area contributed by atoms with Crippen LogP contribution in [0.5, 0.6) is 0 Å². The van der Waals surface area contributed by atoms with Gasteiger partial charge < -0.3 is 10.6 Å². The van der Waals surface area contributed by atoms with E-state index in [9.17, 15) is 12.8 Å². The Bertz CT molecular complexity index is 923. The van der Waals surface area contributed by atoms with Gasteiger partial charge in [0.2, 0.25) is 0 Å². The number of rotatable bonds is 7. The largest absolute Gasteiger partial charge is 0.356 e. The molecule has 28 heavy (non-hydrogen) atoms. The quantitative estimate of drug-likeness (QED) is 0.549. The number of hydrogen-bond acceptors (Lipinski definition) is 3. The lowest BCUT2D eigenvalue weighted by Gasteiger charge is -2.27. The minimum absolute atomic E-state index is 0.241. The molecule has 0 aliphatic rings. The van der Waals surface area contributed by atoms with Crippen molar-refractivity contribution in [3.8, 4) is 0 Å². The first-order valence-electron chi connectivity index (χ1n) is 9.11. The van der Waals surface area contributed by atoms with Gasteiger partial charge in [-0.15, -0.1) is 0 Å². The molecule has 0 spiro atoms. The number of aliphatic imine (C=N–C) groups is 1. The molecule has 0 saturated carbocycles. The van der Waals surface area contributed by atoms with E-state index in [0.717, 1.165) is 17.5 Å². The van der Waals surface area contributed by atoms with Gasteiger partial charge in [0.1, 0.15) is 5.82 Å². The zero-order valence-corrected chi connectivity index (χ0v) is 17.6. The molecule has 0 saturated heterocycles. The zero-order chi connectivity index (χ0) is 20.8. The third-order valence-electron chi connectivity index (χ3n) is 4.59. The van der Waals surface area contributed by atoms with Crippen LogP contribution < -0.4 is 10.6 Å². The molecular formula is C21H28FN3O2S. The second-order valence-electron chi connectivity index (χ2n) is 7.41. The van der Waals surface area contributed by atoms with Crippen LogP contribution in [0.2, 0.25) is 0 Å².